The van der Waals surface area contributed by atoms with E-state index in [0.29, 0.717) is 18.4 Å². The van der Waals surface area contributed by atoms with Gasteiger partial charge in [0, 0.05) is 12.2 Å². The molecule has 5 heteroatoms. The molecule has 0 aromatic rings. The minimum absolute atomic E-state index is 0.452. The molecular formula is C6H6O5. The number of rotatable bonds is 3. The molecule has 3 N–H and O–H groups in total. The average molecular weight is 158 g/mol. The summed E-state index contributed by atoms with van der Waals surface area (Å²) in [5.74, 6) is -3.45. The van der Waals surface area contributed by atoms with Crippen molar-refractivity contribution < 1.29 is 24.9 Å². The van der Waals surface area contributed by atoms with Crippen LogP contribution in [0, 0.1) is 0 Å². The predicted molar refractivity (Wildman–Crippen MR) is 35.1 cm³/mol. The summed E-state index contributed by atoms with van der Waals surface area (Å²) >= 11 is 0. The van der Waals surface area contributed by atoms with Crippen molar-refractivity contribution in [3.05, 3.63) is 24.2 Å². The van der Waals surface area contributed by atoms with Gasteiger partial charge in [0.15, 0.2) is 5.78 Å². The summed E-state index contributed by atoms with van der Waals surface area (Å²) in [5, 5.41) is 24.5. The van der Waals surface area contributed by atoms with Crippen molar-refractivity contribution in [1.82, 2.24) is 0 Å². The van der Waals surface area contributed by atoms with Crippen molar-refractivity contribution in [3.8, 4) is 0 Å². The van der Waals surface area contributed by atoms with E-state index in [9.17, 15) is 9.59 Å². The molecule has 5 nitrogen and oxygen atoms in total. The summed E-state index contributed by atoms with van der Waals surface area (Å²) in [6.45, 7) is 0. The normalized spacial score (nSPS) is 11.8. The van der Waals surface area contributed by atoms with Gasteiger partial charge in [-0.05, 0) is 0 Å². The fourth-order valence-electron chi connectivity index (χ4n) is 0.318. The van der Waals surface area contributed by atoms with Crippen molar-refractivity contribution >= 4 is 11.8 Å². The third-order valence-electron chi connectivity index (χ3n) is 0.737. The molecule has 0 heterocycles. The molecule has 0 aliphatic heterocycles. The molecule has 0 unspecified atom stereocenters. The highest BCUT2D eigenvalue weighted by Gasteiger charge is 2.04. The van der Waals surface area contributed by atoms with Crippen LogP contribution in [0.5, 0.6) is 0 Å². The summed E-state index contributed by atoms with van der Waals surface area (Å²) in [4.78, 5) is 20.3. The van der Waals surface area contributed by atoms with Gasteiger partial charge < -0.3 is 15.3 Å². The summed E-state index contributed by atoms with van der Waals surface area (Å²) in [6, 6.07) is 0. The van der Waals surface area contributed by atoms with Gasteiger partial charge in [0.05, 0.1) is 6.26 Å². The maximum Gasteiger partial charge on any atom is 0.371 e. The van der Waals surface area contributed by atoms with Gasteiger partial charge in [-0.1, -0.05) is 0 Å². The fraction of sp³-hybridized carbons (Fsp3) is 0. The Morgan fingerprint density at radius 3 is 2.09 bits per heavy atom. The van der Waals surface area contributed by atoms with Crippen LogP contribution in [-0.2, 0) is 9.59 Å². The van der Waals surface area contributed by atoms with Gasteiger partial charge in [0.1, 0.15) is 0 Å². The van der Waals surface area contributed by atoms with Gasteiger partial charge in [0.25, 0.3) is 0 Å². The van der Waals surface area contributed by atoms with Gasteiger partial charge in [-0.25, -0.2) is 4.79 Å². The number of carboxylic acids is 1. The Kier molecular flexibility index (Phi) is 3.44. The number of allylic oxidation sites excluding steroid dienone is 2. The lowest BCUT2D eigenvalue weighted by Gasteiger charge is -1.87. The Bertz CT molecular complexity index is 225. The van der Waals surface area contributed by atoms with Crippen LogP contribution in [0.1, 0.15) is 0 Å². The van der Waals surface area contributed by atoms with Crippen molar-refractivity contribution in [3.63, 3.8) is 0 Å². The van der Waals surface area contributed by atoms with Crippen LogP contribution in [0.15, 0.2) is 24.2 Å². The van der Waals surface area contributed by atoms with E-state index in [4.69, 9.17) is 15.3 Å². The number of hydrogen-bond acceptors (Lipinski definition) is 4. The molecule has 0 aliphatic carbocycles. The zero-order chi connectivity index (χ0) is 8.85. The number of aliphatic hydroxyl groups excluding tert-OH is 2. The Labute approximate surface area is 61.9 Å². The Morgan fingerprint density at radius 1 is 1.18 bits per heavy atom. The van der Waals surface area contributed by atoms with E-state index in [-0.39, 0.29) is 0 Å². The third-order valence-corrected chi connectivity index (χ3v) is 0.737. The van der Waals surface area contributed by atoms with E-state index in [0.717, 1.165) is 0 Å². The second kappa shape index (κ2) is 4.10. The summed E-state index contributed by atoms with van der Waals surface area (Å²) in [5.41, 5.74) is 0. The Hall–Kier alpha value is -1.78. The van der Waals surface area contributed by atoms with Crippen LogP contribution >= 0.6 is 0 Å². The molecule has 0 fully saturated rings. The largest absolute Gasteiger partial charge is 0.515 e. The van der Waals surface area contributed by atoms with E-state index in [1.807, 2.05) is 0 Å². The quantitative estimate of drug-likeness (QED) is 0.401. The lowest BCUT2D eigenvalue weighted by atomic mass is 10.3. The van der Waals surface area contributed by atoms with Crippen LogP contribution < -0.4 is 0 Å². The summed E-state index contributed by atoms with van der Waals surface area (Å²) < 4.78 is 0. The molecule has 0 aliphatic rings. The SMILES string of the molecule is O=C(C=C(O)C(=O)O)/C=C/O. The van der Waals surface area contributed by atoms with E-state index in [1.165, 1.54) is 0 Å². The smallest absolute Gasteiger partial charge is 0.371 e. The van der Waals surface area contributed by atoms with Crippen LogP contribution in [0.4, 0.5) is 0 Å². The van der Waals surface area contributed by atoms with Gasteiger partial charge in [-0.3, -0.25) is 4.79 Å². The zero-order valence-corrected chi connectivity index (χ0v) is 5.39. The second-order valence-electron chi connectivity index (χ2n) is 1.55. The molecule has 60 valence electrons. The molecule has 11 heavy (non-hydrogen) atoms. The number of hydrogen-bond donors (Lipinski definition) is 3. The fourth-order valence-corrected chi connectivity index (χ4v) is 0.318. The summed E-state index contributed by atoms with van der Waals surface area (Å²) in [7, 11) is 0. The van der Waals surface area contributed by atoms with E-state index in [1.54, 1.807) is 0 Å². The molecule has 0 atom stereocenters. The number of aliphatic carboxylic acids is 1. The predicted octanol–water partition coefficient (Wildman–Crippen LogP) is 0.154. The lowest BCUT2D eigenvalue weighted by Crippen LogP contribution is -2.01. The van der Waals surface area contributed by atoms with Crippen molar-refractivity contribution in [2.24, 2.45) is 0 Å². The lowest BCUT2D eigenvalue weighted by molar-refractivity contribution is -0.135. The minimum atomic E-state index is -1.59. The van der Waals surface area contributed by atoms with Crippen molar-refractivity contribution in [2.75, 3.05) is 0 Å². The van der Waals surface area contributed by atoms with Crippen LogP contribution in [0.2, 0.25) is 0 Å². The van der Waals surface area contributed by atoms with Crippen molar-refractivity contribution in [2.45, 2.75) is 0 Å². The molecule has 0 amide bonds. The van der Waals surface area contributed by atoms with Crippen LogP contribution in [0.3, 0.4) is 0 Å². The standard InChI is InChI=1S/C6H6O5/c7-2-1-4(8)3-5(9)6(10)11/h1-3,7,9H,(H,10,11)/b2-1+,5-3?. The van der Waals surface area contributed by atoms with E-state index < -0.39 is 17.5 Å². The number of carbonyl (C=O) groups is 2. The molecule has 0 spiro atoms. The second-order valence-corrected chi connectivity index (χ2v) is 1.55. The van der Waals surface area contributed by atoms with Crippen LogP contribution in [0.25, 0.3) is 0 Å². The first-order chi connectivity index (χ1) is 5.07. The summed E-state index contributed by atoms with van der Waals surface area (Å²) in [6.07, 6.45) is 1.64. The number of ketones is 1. The minimum Gasteiger partial charge on any atom is -0.515 e. The third kappa shape index (κ3) is 3.74. The number of carboxylic acid groups (broad SMARTS) is 1. The molecule has 0 bridgehead atoms. The Balaban J connectivity index is 4.31. The van der Waals surface area contributed by atoms with Crippen LogP contribution in [-0.4, -0.2) is 27.1 Å². The van der Waals surface area contributed by atoms with Gasteiger partial charge >= 0.3 is 5.97 Å². The Morgan fingerprint density at radius 2 is 1.73 bits per heavy atom. The van der Waals surface area contributed by atoms with Crippen molar-refractivity contribution in [1.29, 1.82) is 0 Å². The highest BCUT2D eigenvalue weighted by Crippen LogP contribution is 1.89. The zero-order valence-electron chi connectivity index (χ0n) is 5.39. The van der Waals surface area contributed by atoms with Gasteiger partial charge in [-0.15, -0.1) is 0 Å². The number of carbonyl (C=O) groups excluding carboxylic acids is 1. The highest BCUT2D eigenvalue weighted by atomic mass is 16.4. The monoisotopic (exact) mass is 158 g/mol. The molecule has 0 radical (unpaired) electrons. The maximum absolute atomic E-state index is 10.4. The number of aliphatic hydroxyl groups is 2. The molecule has 0 aromatic heterocycles. The topological polar surface area (TPSA) is 94.8 Å². The van der Waals surface area contributed by atoms with Gasteiger partial charge in [-0.2, -0.15) is 0 Å². The highest BCUT2D eigenvalue weighted by molar-refractivity contribution is 6.03. The molecule has 0 saturated heterocycles. The van der Waals surface area contributed by atoms with E-state index >= 15 is 0 Å². The van der Waals surface area contributed by atoms with Gasteiger partial charge in [0.2, 0.25) is 5.76 Å². The first kappa shape index (κ1) is 9.22. The first-order valence-corrected chi connectivity index (χ1v) is 2.56. The average Bonchev–Trinajstić information content (AvgIpc) is 1.87. The van der Waals surface area contributed by atoms with E-state index in [2.05, 4.69) is 0 Å². The maximum atomic E-state index is 10.4. The molecule has 0 saturated carbocycles. The molecule has 0 rings (SSSR count). The molecular weight excluding hydrogens is 152 g/mol. The first-order valence-electron chi connectivity index (χ1n) is 2.56. The molecule has 0 aromatic carbocycles.